The molecule has 2 N–H and O–H groups in total. The number of hydrogen-bond acceptors (Lipinski definition) is 3. The molecule has 1 aliphatic heterocycles. The Morgan fingerprint density at radius 2 is 2.26 bits per heavy atom. The minimum atomic E-state index is 0.0305. The standard InChI is InChI=1S/C15H22N2O2/c1-3-19-14-8-7-12(16)10-13(14)15(18)17-9-5-4-6-11(17)2/h7-8,10-11H,3-6,9,16H2,1-2H3. The van der Waals surface area contributed by atoms with Gasteiger partial charge in [-0.3, -0.25) is 4.79 Å². The van der Waals surface area contributed by atoms with Crippen molar-refractivity contribution in [1.29, 1.82) is 0 Å². The number of benzene rings is 1. The number of hydrogen-bond donors (Lipinski definition) is 1. The summed E-state index contributed by atoms with van der Waals surface area (Å²) >= 11 is 0. The fraction of sp³-hybridized carbons (Fsp3) is 0.533. The molecular formula is C15H22N2O2. The summed E-state index contributed by atoms with van der Waals surface area (Å²) in [7, 11) is 0. The lowest BCUT2D eigenvalue weighted by atomic mass is 10.0. The lowest BCUT2D eigenvalue weighted by Crippen LogP contribution is -2.42. The number of nitrogens with zero attached hydrogens (tertiary/aromatic N) is 1. The molecule has 0 saturated carbocycles. The number of nitrogen functional groups attached to an aromatic ring is 1. The summed E-state index contributed by atoms with van der Waals surface area (Å²) in [6.45, 7) is 5.37. The Labute approximate surface area is 114 Å². The van der Waals surface area contributed by atoms with Crippen molar-refractivity contribution in [3.63, 3.8) is 0 Å². The van der Waals surface area contributed by atoms with Crippen LogP contribution in [0.2, 0.25) is 0 Å². The van der Waals surface area contributed by atoms with Gasteiger partial charge in [0.05, 0.1) is 12.2 Å². The largest absolute Gasteiger partial charge is 0.493 e. The molecule has 1 aromatic rings. The Bertz CT molecular complexity index is 459. The van der Waals surface area contributed by atoms with E-state index in [1.807, 2.05) is 11.8 Å². The van der Waals surface area contributed by atoms with Gasteiger partial charge < -0.3 is 15.4 Å². The quantitative estimate of drug-likeness (QED) is 0.852. The molecule has 0 spiro atoms. The molecule has 1 aliphatic rings. The Balaban J connectivity index is 2.28. The van der Waals surface area contributed by atoms with Gasteiger partial charge in [0.2, 0.25) is 0 Å². The van der Waals surface area contributed by atoms with Crippen LogP contribution in [0.1, 0.15) is 43.5 Å². The molecule has 104 valence electrons. The highest BCUT2D eigenvalue weighted by molar-refractivity contribution is 5.98. The van der Waals surface area contributed by atoms with Gasteiger partial charge in [0.25, 0.3) is 5.91 Å². The molecule has 0 radical (unpaired) electrons. The summed E-state index contributed by atoms with van der Waals surface area (Å²) in [5, 5.41) is 0. The minimum Gasteiger partial charge on any atom is -0.493 e. The summed E-state index contributed by atoms with van der Waals surface area (Å²) in [5.41, 5.74) is 6.97. The van der Waals surface area contributed by atoms with Crippen molar-refractivity contribution in [3.8, 4) is 5.75 Å². The van der Waals surface area contributed by atoms with E-state index in [4.69, 9.17) is 10.5 Å². The van der Waals surface area contributed by atoms with E-state index in [9.17, 15) is 4.79 Å². The Kier molecular flexibility index (Phi) is 4.30. The van der Waals surface area contributed by atoms with Crippen LogP contribution in [0.15, 0.2) is 18.2 Å². The molecule has 0 aromatic heterocycles. The number of likely N-dealkylation sites (tertiary alicyclic amines) is 1. The van der Waals surface area contributed by atoms with Crippen molar-refractivity contribution >= 4 is 11.6 Å². The zero-order valence-corrected chi connectivity index (χ0v) is 11.7. The first kappa shape index (κ1) is 13.7. The van der Waals surface area contributed by atoms with Crippen molar-refractivity contribution in [2.75, 3.05) is 18.9 Å². The third-order valence-electron chi connectivity index (χ3n) is 3.60. The van der Waals surface area contributed by atoms with Crippen molar-refractivity contribution < 1.29 is 9.53 Å². The molecule has 4 heteroatoms. The SMILES string of the molecule is CCOc1ccc(N)cc1C(=O)N1CCCCC1C. The van der Waals surface area contributed by atoms with Crippen LogP contribution in [0.25, 0.3) is 0 Å². The fourth-order valence-corrected chi connectivity index (χ4v) is 2.55. The second-order valence-electron chi connectivity index (χ2n) is 5.03. The smallest absolute Gasteiger partial charge is 0.257 e. The molecule has 1 aromatic carbocycles. The third kappa shape index (κ3) is 3.00. The highest BCUT2D eigenvalue weighted by Crippen LogP contribution is 2.26. The van der Waals surface area contributed by atoms with Crippen molar-refractivity contribution in [2.45, 2.75) is 39.2 Å². The molecule has 1 heterocycles. The Morgan fingerprint density at radius 3 is 2.95 bits per heavy atom. The topological polar surface area (TPSA) is 55.6 Å². The first-order valence-corrected chi connectivity index (χ1v) is 6.96. The van der Waals surface area contributed by atoms with Gasteiger partial charge in [0.15, 0.2) is 0 Å². The lowest BCUT2D eigenvalue weighted by Gasteiger charge is -2.33. The first-order chi connectivity index (χ1) is 9.13. The maximum absolute atomic E-state index is 12.6. The summed E-state index contributed by atoms with van der Waals surface area (Å²) in [6.07, 6.45) is 3.33. The number of amides is 1. The van der Waals surface area contributed by atoms with Gasteiger partial charge in [-0.1, -0.05) is 0 Å². The minimum absolute atomic E-state index is 0.0305. The van der Waals surface area contributed by atoms with Gasteiger partial charge >= 0.3 is 0 Å². The molecule has 1 unspecified atom stereocenters. The fourth-order valence-electron chi connectivity index (χ4n) is 2.55. The van der Waals surface area contributed by atoms with Crippen LogP contribution in [0.4, 0.5) is 5.69 Å². The van der Waals surface area contributed by atoms with E-state index in [0.717, 1.165) is 19.4 Å². The molecule has 1 amide bonds. The number of anilines is 1. The highest BCUT2D eigenvalue weighted by Gasteiger charge is 2.26. The normalized spacial score (nSPS) is 19.3. The van der Waals surface area contributed by atoms with Crippen LogP contribution in [0, 0.1) is 0 Å². The van der Waals surface area contributed by atoms with E-state index in [2.05, 4.69) is 6.92 Å². The summed E-state index contributed by atoms with van der Waals surface area (Å²) in [6, 6.07) is 5.55. The van der Waals surface area contributed by atoms with Crippen molar-refractivity contribution in [3.05, 3.63) is 23.8 Å². The number of rotatable bonds is 3. The van der Waals surface area contributed by atoms with Crippen LogP contribution in [0.5, 0.6) is 5.75 Å². The van der Waals surface area contributed by atoms with Gasteiger partial charge in [-0.05, 0) is 51.3 Å². The van der Waals surface area contributed by atoms with E-state index >= 15 is 0 Å². The summed E-state index contributed by atoms with van der Waals surface area (Å²) in [5.74, 6) is 0.655. The number of piperidine rings is 1. The lowest BCUT2D eigenvalue weighted by molar-refractivity contribution is 0.0631. The van der Waals surface area contributed by atoms with Crippen LogP contribution in [-0.2, 0) is 0 Å². The Morgan fingerprint density at radius 1 is 1.47 bits per heavy atom. The average Bonchev–Trinajstić information content (AvgIpc) is 2.41. The predicted molar refractivity (Wildman–Crippen MR) is 76.4 cm³/mol. The second kappa shape index (κ2) is 5.95. The second-order valence-corrected chi connectivity index (χ2v) is 5.03. The Hall–Kier alpha value is -1.71. The predicted octanol–water partition coefficient (Wildman–Crippen LogP) is 2.68. The summed E-state index contributed by atoms with van der Waals surface area (Å²) < 4.78 is 5.54. The van der Waals surface area contributed by atoms with E-state index in [-0.39, 0.29) is 11.9 Å². The highest BCUT2D eigenvalue weighted by atomic mass is 16.5. The molecule has 1 saturated heterocycles. The number of carbonyl (C=O) groups excluding carboxylic acids is 1. The number of nitrogens with two attached hydrogens (primary N) is 1. The van der Waals surface area contributed by atoms with Gasteiger partial charge in [-0.25, -0.2) is 0 Å². The molecule has 19 heavy (non-hydrogen) atoms. The van der Waals surface area contributed by atoms with E-state index in [1.165, 1.54) is 6.42 Å². The van der Waals surface area contributed by atoms with E-state index < -0.39 is 0 Å². The molecule has 2 rings (SSSR count). The third-order valence-corrected chi connectivity index (χ3v) is 3.60. The van der Waals surface area contributed by atoms with Crippen LogP contribution >= 0.6 is 0 Å². The van der Waals surface area contributed by atoms with Crippen molar-refractivity contribution in [2.24, 2.45) is 0 Å². The van der Waals surface area contributed by atoms with E-state index in [0.29, 0.717) is 23.6 Å². The van der Waals surface area contributed by atoms with Crippen LogP contribution < -0.4 is 10.5 Å². The van der Waals surface area contributed by atoms with Crippen molar-refractivity contribution in [1.82, 2.24) is 4.90 Å². The van der Waals surface area contributed by atoms with Gasteiger partial charge in [-0.2, -0.15) is 0 Å². The van der Waals surface area contributed by atoms with E-state index in [1.54, 1.807) is 18.2 Å². The van der Waals surface area contributed by atoms with Gasteiger partial charge in [0, 0.05) is 18.3 Å². The zero-order chi connectivity index (χ0) is 13.8. The molecule has 1 atom stereocenters. The summed E-state index contributed by atoms with van der Waals surface area (Å²) in [4.78, 5) is 14.6. The van der Waals surface area contributed by atoms with Gasteiger partial charge in [-0.15, -0.1) is 0 Å². The molecule has 0 aliphatic carbocycles. The number of carbonyl (C=O) groups is 1. The zero-order valence-electron chi connectivity index (χ0n) is 11.7. The first-order valence-electron chi connectivity index (χ1n) is 6.96. The number of ether oxygens (including phenoxy) is 1. The monoisotopic (exact) mass is 262 g/mol. The average molecular weight is 262 g/mol. The molecule has 1 fully saturated rings. The molecule has 4 nitrogen and oxygen atoms in total. The maximum Gasteiger partial charge on any atom is 0.257 e. The molecule has 0 bridgehead atoms. The van der Waals surface area contributed by atoms with Crippen LogP contribution in [0.3, 0.4) is 0 Å². The van der Waals surface area contributed by atoms with Gasteiger partial charge in [0.1, 0.15) is 5.75 Å². The molecular weight excluding hydrogens is 240 g/mol. The van der Waals surface area contributed by atoms with Crippen LogP contribution in [-0.4, -0.2) is 30.0 Å². The maximum atomic E-state index is 12.6.